The smallest absolute Gasteiger partial charge is 0.205 e. The largest absolute Gasteiger partial charge is 0.361 e. The van der Waals surface area contributed by atoms with Gasteiger partial charge in [-0.1, -0.05) is 25.1 Å². The summed E-state index contributed by atoms with van der Waals surface area (Å²) in [6.45, 7) is 8.87. The zero-order valence-electron chi connectivity index (χ0n) is 17.4. The minimum atomic E-state index is 0.865. The van der Waals surface area contributed by atoms with Crippen molar-refractivity contribution in [2.24, 2.45) is 4.99 Å². The maximum absolute atomic E-state index is 4.62. The second-order valence-corrected chi connectivity index (χ2v) is 8.09. The quantitative estimate of drug-likeness (QED) is 0.499. The Labute approximate surface area is 176 Å². The molecule has 3 heterocycles. The molecule has 1 fully saturated rings. The third-order valence-electron chi connectivity index (χ3n) is 5.52. The summed E-state index contributed by atoms with van der Waals surface area (Å²) in [5, 5.41) is 5.90. The third kappa shape index (κ3) is 4.22. The van der Waals surface area contributed by atoms with E-state index in [9.17, 15) is 0 Å². The number of nitrogens with zero attached hydrogens (tertiary/aromatic N) is 5. The van der Waals surface area contributed by atoms with Crippen LogP contribution in [0.2, 0.25) is 0 Å². The van der Waals surface area contributed by atoms with E-state index < -0.39 is 0 Å². The molecule has 8 heteroatoms. The molecular weight excluding hydrogens is 382 g/mol. The van der Waals surface area contributed by atoms with Gasteiger partial charge in [0.25, 0.3) is 0 Å². The molecule has 2 N–H and O–H groups in total. The summed E-state index contributed by atoms with van der Waals surface area (Å²) in [5.74, 6) is 1.92. The van der Waals surface area contributed by atoms with Gasteiger partial charge in [-0.25, -0.2) is 4.98 Å². The predicted octanol–water partition coefficient (Wildman–Crippen LogP) is 2.83. The van der Waals surface area contributed by atoms with Crippen LogP contribution in [0, 0.1) is 6.92 Å². The van der Waals surface area contributed by atoms with E-state index in [1.165, 1.54) is 33.6 Å². The Morgan fingerprint density at radius 3 is 2.83 bits per heavy atom. The highest BCUT2D eigenvalue weighted by Crippen LogP contribution is 2.22. The van der Waals surface area contributed by atoms with Crippen molar-refractivity contribution < 1.29 is 0 Å². The van der Waals surface area contributed by atoms with E-state index in [1.807, 2.05) is 7.05 Å². The molecule has 7 nitrogen and oxygen atoms in total. The van der Waals surface area contributed by atoms with Crippen molar-refractivity contribution in [1.82, 2.24) is 24.6 Å². The van der Waals surface area contributed by atoms with E-state index in [1.54, 1.807) is 0 Å². The monoisotopic (exact) mass is 411 g/mol. The van der Waals surface area contributed by atoms with Crippen LogP contribution < -0.4 is 10.2 Å². The number of hydrogen-bond donors (Lipinski definition) is 2. The van der Waals surface area contributed by atoms with Crippen LogP contribution in [0.4, 0.5) is 5.13 Å². The van der Waals surface area contributed by atoms with Crippen LogP contribution in [-0.4, -0.2) is 65.0 Å². The van der Waals surface area contributed by atoms with E-state index in [2.05, 4.69) is 72.7 Å². The number of piperazine rings is 1. The molecule has 0 unspecified atom stereocenters. The first kappa shape index (κ1) is 19.7. The first-order valence-corrected chi connectivity index (χ1v) is 11.1. The second kappa shape index (κ2) is 8.82. The van der Waals surface area contributed by atoms with Gasteiger partial charge in [0.2, 0.25) is 5.13 Å². The van der Waals surface area contributed by atoms with Crippen LogP contribution in [0.3, 0.4) is 0 Å². The molecule has 4 rings (SSSR count). The number of aromatic amines is 1. The molecule has 154 valence electrons. The third-order valence-corrected chi connectivity index (χ3v) is 6.34. The molecule has 0 bridgehead atoms. The van der Waals surface area contributed by atoms with E-state index in [4.69, 9.17) is 0 Å². The van der Waals surface area contributed by atoms with Crippen molar-refractivity contribution in [2.45, 2.75) is 26.7 Å². The van der Waals surface area contributed by atoms with Crippen molar-refractivity contribution in [3.63, 3.8) is 0 Å². The molecule has 0 amide bonds. The molecule has 1 aromatic carbocycles. The second-order valence-electron chi connectivity index (χ2n) is 7.36. The number of H-pyrrole nitrogens is 1. The predicted molar refractivity (Wildman–Crippen MR) is 121 cm³/mol. The van der Waals surface area contributed by atoms with Gasteiger partial charge in [0.05, 0.1) is 0 Å². The average molecular weight is 412 g/mol. The van der Waals surface area contributed by atoms with Gasteiger partial charge in [-0.2, -0.15) is 4.37 Å². The van der Waals surface area contributed by atoms with Gasteiger partial charge in [-0.05, 0) is 24.5 Å². The maximum Gasteiger partial charge on any atom is 0.205 e. The summed E-state index contributed by atoms with van der Waals surface area (Å²) in [6.07, 6.45) is 3.99. The minimum absolute atomic E-state index is 0.865. The number of guanidine groups is 1. The lowest BCUT2D eigenvalue weighted by Crippen LogP contribution is -2.52. The number of rotatable bonds is 5. The van der Waals surface area contributed by atoms with Crippen LogP contribution in [0.5, 0.6) is 0 Å². The first-order valence-electron chi connectivity index (χ1n) is 10.3. The molecule has 0 saturated carbocycles. The van der Waals surface area contributed by atoms with Gasteiger partial charge in [0, 0.05) is 74.8 Å². The Balaban J connectivity index is 1.30. The molecule has 3 aromatic rings. The number of hydrogen-bond acceptors (Lipinski definition) is 5. The molecule has 1 saturated heterocycles. The van der Waals surface area contributed by atoms with E-state index in [-0.39, 0.29) is 0 Å². The highest BCUT2D eigenvalue weighted by molar-refractivity contribution is 7.09. The lowest BCUT2D eigenvalue weighted by Gasteiger charge is -2.36. The van der Waals surface area contributed by atoms with Crippen molar-refractivity contribution >= 4 is 33.5 Å². The molecule has 2 aromatic heterocycles. The zero-order valence-corrected chi connectivity index (χ0v) is 18.2. The van der Waals surface area contributed by atoms with Crippen LogP contribution in [0.1, 0.15) is 23.9 Å². The Bertz CT molecular complexity index is 982. The lowest BCUT2D eigenvalue weighted by atomic mass is 10.1. The van der Waals surface area contributed by atoms with Gasteiger partial charge < -0.3 is 20.1 Å². The fourth-order valence-corrected chi connectivity index (χ4v) is 4.64. The Hall–Kier alpha value is -2.61. The molecule has 0 aliphatic carbocycles. The number of fused-ring (bicyclic) bond motifs is 1. The molecule has 0 spiro atoms. The number of anilines is 1. The molecule has 0 atom stereocenters. The Kier molecular flexibility index (Phi) is 5.99. The molecule has 1 aliphatic rings. The summed E-state index contributed by atoms with van der Waals surface area (Å²) < 4.78 is 4.41. The lowest BCUT2D eigenvalue weighted by molar-refractivity contribution is 0.372. The summed E-state index contributed by atoms with van der Waals surface area (Å²) in [4.78, 5) is 17.2. The maximum atomic E-state index is 4.62. The van der Waals surface area contributed by atoms with Crippen molar-refractivity contribution in [2.75, 3.05) is 44.7 Å². The molecule has 1 aliphatic heterocycles. The normalized spacial score (nSPS) is 15.3. The average Bonchev–Trinajstić information content (AvgIpc) is 3.40. The van der Waals surface area contributed by atoms with Gasteiger partial charge in [0.1, 0.15) is 5.82 Å². The fraction of sp³-hybridized carbons (Fsp3) is 0.476. The summed E-state index contributed by atoms with van der Waals surface area (Å²) in [6, 6.07) is 6.47. The Morgan fingerprint density at radius 1 is 1.28 bits per heavy atom. The number of aryl methyl sites for hydroxylation is 2. The first-order chi connectivity index (χ1) is 14.2. The molecular formula is C21H29N7S. The number of aliphatic imine (C=N–C) groups is 1. The highest BCUT2D eigenvalue weighted by Gasteiger charge is 2.22. The van der Waals surface area contributed by atoms with Gasteiger partial charge >= 0.3 is 0 Å². The zero-order chi connectivity index (χ0) is 20.2. The van der Waals surface area contributed by atoms with Crippen LogP contribution in [0.25, 0.3) is 10.9 Å². The summed E-state index contributed by atoms with van der Waals surface area (Å²) in [5.41, 5.74) is 3.88. The van der Waals surface area contributed by atoms with Crippen molar-refractivity contribution in [3.05, 3.63) is 41.3 Å². The number of para-hydroxylation sites is 1. The SMILES string of the molecule is CCc1nsc(N2CCN(C(=NC)NCCc3c[nH]c4c(C)cccc34)CC2)n1. The van der Waals surface area contributed by atoms with Crippen molar-refractivity contribution in [1.29, 1.82) is 0 Å². The fourth-order valence-electron chi connectivity index (χ4n) is 3.84. The van der Waals surface area contributed by atoms with Gasteiger partial charge in [0.15, 0.2) is 5.96 Å². The van der Waals surface area contributed by atoms with E-state index in [0.717, 1.165) is 62.5 Å². The van der Waals surface area contributed by atoms with Gasteiger partial charge in [-0.3, -0.25) is 4.99 Å². The number of aromatic nitrogens is 3. The van der Waals surface area contributed by atoms with Crippen LogP contribution >= 0.6 is 11.5 Å². The summed E-state index contributed by atoms with van der Waals surface area (Å²) in [7, 11) is 1.86. The van der Waals surface area contributed by atoms with E-state index >= 15 is 0 Å². The highest BCUT2D eigenvalue weighted by atomic mass is 32.1. The van der Waals surface area contributed by atoms with Crippen LogP contribution in [-0.2, 0) is 12.8 Å². The molecule has 29 heavy (non-hydrogen) atoms. The standard InChI is InChI=1S/C21H29N7S/c1-4-18-25-21(29-26-18)28-12-10-27(11-13-28)20(22-3)23-9-8-16-14-24-19-15(2)6-5-7-17(16)19/h5-7,14,24H,4,8-13H2,1-3H3,(H,22,23). The van der Waals surface area contributed by atoms with Gasteiger partial charge in [-0.15, -0.1) is 0 Å². The molecule has 0 radical (unpaired) electrons. The number of benzene rings is 1. The Morgan fingerprint density at radius 2 is 2.10 bits per heavy atom. The number of nitrogens with one attached hydrogen (secondary N) is 2. The summed E-state index contributed by atoms with van der Waals surface area (Å²) >= 11 is 1.51. The minimum Gasteiger partial charge on any atom is -0.361 e. The van der Waals surface area contributed by atoms with Crippen LogP contribution in [0.15, 0.2) is 29.4 Å². The topological polar surface area (TPSA) is 72.4 Å². The van der Waals surface area contributed by atoms with Crippen molar-refractivity contribution in [3.8, 4) is 0 Å². The van der Waals surface area contributed by atoms with E-state index in [0.29, 0.717) is 0 Å².